The molecule has 0 radical (unpaired) electrons. The summed E-state index contributed by atoms with van der Waals surface area (Å²) in [7, 11) is -3.64. The zero-order valence-corrected chi connectivity index (χ0v) is 15.6. The first-order chi connectivity index (χ1) is 13.1. The Morgan fingerprint density at radius 1 is 1.00 bits per heavy atom. The van der Waals surface area contributed by atoms with Gasteiger partial charge in [0.1, 0.15) is 0 Å². The first-order valence-electron chi connectivity index (χ1n) is 9.01. The summed E-state index contributed by atoms with van der Waals surface area (Å²) in [6.07, 6.45) is 2.39. The Morgan fingerprint density at radius 2 is 1.74 bits per heavy atom. The predicted molar refractivity (Wildman–Crippen MR) is 99.1 cm³/mol. The molecule has 1 fully saturated rings. The second-order valence-electron chi connectivity index (χ2n) is 6.67. The topological polar surface area (TPSA) is 79.6 Å². The number of benzene rings is 2. The molecule has 1 atom stereocenters. The number of fused-ring (bicyclic) bond motifs is 1. The molecule has 2 aromatic carbocycles. The number of hydrogen-bond acceptors (Lipinski definition) is 5. The molecule has 2 heterocycles. The molecule has 0 amide bonds. The maximum absolute atomic E-state index is 13.1. The monoisotopic (exact) mass is 384 g/mol. The zero-order valence-electron chi connectivity index (χ0n) is 14.8. The Morgan fingerprint density at radius 3 is 2.48 bits per heavy atom. The van der Waals surface area contributed by atoms with Crippen molar-refractivity contribution in [1.29, 1.82) is 5.26 Å². The Balaban J connectivity index is 1.65. The lowest BCUT2D eigenvalue weighted by molar-refractivity contribution is 0.296. The molecule has 0 aromatic heterocycles. The minimum atomic E-state index is -3.64. The van der Waals surface area contributed by atoms with Crippen molar-refractivity contribution < 1.29 is 17.9 Å². The molecular weight excluding hydrogens is 364 g/mol. The Kier molecular flexibility index (Phi) is 4.77. The van der Waals surface area contributed by atoms with Crippen LogP contribution in [0.2, 0.25) is 0 Å². The second kappa shape index (κ2) is 7.22. The van der Waals surface area contributed by atoms with Crippen molar-refractivity contribution >= 4 is 10.0 Å². The number of ether oxygens (including phenoxy) is 2. The highest BCUT2D eigenvalue weighted by Gasteiger charge is 2.36. The third kappa shape index (κ3) is 3.38. The summed E-state index contributed by atoms with van der Waals surface area (Å²) in [4.78, 5) is 0.211. The standard InChI is InChI=1S/C20H20N2O4S/c21-14-15-4-7-17(8-5-15)27(23,24)22-10-1-3-18(22)16-6-9-19-20(13-16)26-12-2-11-25-19/h4-9,13,18H,1-3,10-12H2/t18-/m0/s1. The third-order valence-corrected chi connectivity index (χ3v) is 6.87. The summed E-state index contributed by atoms with van der Waals surface area (Å²) < 4.78 is 39.3. The number of nitrogens with zero attached hydrogens (tertiary/aromatic N) is 2. The van der Waals surface area contributed by atoms with Gasteiger partial charge in [0.25, 0.3) is 0 Å². The highest BCUT2D eigenvalue weighted by Crippen LogP contribution is 2.40. The molecule has 2 aromatic rings. The van der Waals surface area contributed by atoms with E-state index in [0.717, 1.165) is 24.8 Å². The third-order valence-electron chi connectivity index (χ3n) is 4.95. The van der Waals surface area contributed by atoms with Gasteiger partial charge in [-0.15, -0.1) is 0 Å². The molecule has 1 saturated heterocycles. The molecule has 2 aliphatic heterocycles. The van der Waals surface area contributed by atoms with Crippen molar-refractivity contribution in [2.24, 2.45) is 0 Å². The van der Waals surface area contributed by atoms with E-state index >= 15 is 0 Å². The minimum absolute atomic E-state index is 0.211. The van der Waals surface area contributed by atoms with Crippen LogP contribution in [0, 0.1) is 11.3 Å². The normalized spacial score (nSPS) is 20.0. The van der Waals surface area contributed by atoms with Crippen LogP contribution >= 0.6 is 0 Å². The molecular formula is C20H20N2O4S. The zero-order chi connectivity index (χ0) is 18.9. The van der Waals surface area contributed by atoms with Crippen LogP contribution in [0.5, 0.6) is 11.5 Å². The molecule has 6 nitrogen and oxygen atoms in total. The molecule has 7 heteroatoms. The van der Waals surface area contributed by atoms with Gasteiger partial charge < -0.3 is 9.47 Å². The first kappa shape index (κ1) is 17.8. The predicted octanol–water partition coefficient (Wildman–Crippen LogP) is 3.25. The molecule has 2 aliphatic rings. The van der Waals surface area contributed by atoms with Gasteiger partial charge in [0, 0.05) is 13.0 Å². The maximum atomic E-state index is 13.1. The second-order valence-corrected chi connectivity index (χ2v) is 8.56. The number of rotatable bonds is 3. The van der Waals surface area contributed by atoms with Gasteiger partial charge in [0.2, 0.25) is 10.0 Å². The van der Waals surface area contributed by atoms with Crippen LogP contribution in [0.1, 0.15) is 36.4 Å². The van der Waals surface area contributed by atoms with E-state index in [0.29, 0.717) is 36.8 Å². The summed E-state index contributed by atoms with van der Waals surface area (Å²) in [6, 6.07) is 13.5. The molecule has 140 valence electrons. The highest BCUT2D eigenvalue weighted by atomic mass is 32.2. The van der Waals surface area contributed by atoms with E-state index in [1.807, 2.05) is 24.3 Å². The van der Waals surface area contributed by atoms with E-state index in [4.69, 9.17) is 14.7 Å². The van der Waals surface area contributed by atoms with Crippen LogP contribution < -0.4 is 9.47 Å². The minimum Gasteiger partial charge on any atom is -0.490 e. The van der Waals surface area contributed by atoms with E-state index in [2.05, 4.69) is 0 Å². The SMILES string of the molecule is N#Cc1ccc(S(=O)(=O)N2CCC[C@H]2c2ccc3c(c2)OCCCO3)cc1. The fraction of sp³-hybridized carbons (Fsp3) is 0.350. The van der Waals surface area contributed by atoms with Gasteiger partial charge in [-0.2, -0.15) is 9.57 Å². The molecule has 0 unspecified atom stereocenters. The van der Waals surface area contributed by atoms with Crippen molar-refractivity contribution in [3.63, 3.8) is 0 Å². The molecule has 0 bridgehead atoms. The largest absolute Gasteiger partial charge is 0.490 e. The van der Waals surface area contributed by atoms with Crippen LogP contribution in [0.25, 0.3) is 0 Å². The molecule has 27 heavy (non-hydrogen) atoms. The van der Waals surface area contributed by atoms with Gasteiger partial charge in [-0.25, -0.2) is 8.42 Å². The Bertz CT molecular complexity index is 980. The van der Waals surface area contributed by atoms with E-state index in [9.17, 15) is 8.42 Å². The lowest BCUT2D eigenvalue weighted by Gasteiger charge is -2.25. The summed E-state index contributed by atoms with van der Waals surface area (Å²) in [5, 5.41) is 8.92. The maximum Gasteiger partial charge on any atom is 0.243 e. The number of sulfonamides is 1. The summed E-state index contributed by atoms with van der Waals surface area (Å²) in [5.41, 5.74) is 1.35. The van der Waals surface area contributed by atoms with Crippen molar-refractivity contribution in [2.75, 3.05) is 19.8 Å². The van der Waals surface area contributed by atoms with E-state index in [1.165, 1.54) is 24.3 Å². The van der Waals surface area contributed by atoms with Gasteiger partial charge in [-0.1, -0.05) is 6.07 Å². The first-order valence-corrected chi connectivity index (χ1v) is 10.5. The summed E-state index contributed by atoms with van der Waals surface area (Å²) >= 11 is 0. The van der Waals surface area contributed by atoms with Gasteiger partial charge >= 0.3 is 0 Å². The average Bonchev–Trinajstić information content (AvgIpc) is 3.08. The van der Waals surface area contributed by atoms with Crippen LogP contribution in [0.3, 0.4) is 0 Å². The fourth-order valence-corrected chi connectivity index (χ4v) is 5.27. The van der Waals surface area contributed by atoms with Crippen molar-refractivity contribution in [1.82, 2.24) is 4.31 Å². The molecule has 0 saturated carbocycles. The quantitative estimate of drug-likeness (QED) is 0.812. The average molecular weight is 384 g/mol. The van der Waals surface area contributed by atoms with Gasteiger partial charge in [0.15, 0.2) is 11.5 Å². The van der Waals surface area contributed by atoms with Crippen LogP contribution in [-0.2, 0) is 10.0 Å². The lowest BCUT2D eigenvalue weighted by atomic mass is 10.0. The van der Waals surface area contributed by atoms with Crippen LogP contribution in [0.15, 0.2) is 47.4 Å². The molecule has 0 aliphatic carbocycles. The van der Waals surface area contributed by atoms with Crippen molar-refractivity contribution in [3.8, 4) is 17.6 Å². The molecule has 4 rings (SSSR count). The Labute approximate surface area is 159 Å². The van der Waals surface area contributed by atoms with E-state index in [-0.39, 0.29) is 10.9 Å². The molecule has 0 N–H and O–H groups in total. The van der Waals surface area contributed by atoms with Crippen LogP contribution in [-0.4, -0.2) is 32.5 Å². The summed E-state index contributed by atoms with van der Waals surface area (Å²) in [5.74, 6) is 1.38. The van der Waals surface area contributed by atoms with Gasteiger partial charge in [0.05, 0.1) is 35.8 Å². The van der Waals surface area contributed by atoms with Crippen LogP contribution in [0.4, 0.5) is 0 Å². The number of nitriles is 1. The van der Waals surface area contributed by atoms with E-state index < -0.39 is 10.0 Å². The lowest BCUT2D eigenvalue weighted by Crippen LogP contribution is -2.30. The number of hydrogen-bond donors (Lipinski definition) is 0. The van der Waals surface area contributed by atoms with E-state index in [1.54, 1.807) is 4.31 Å². The molecule has 0 spiro atoms. The summed E-state index contributed by atoms with van der Waals surface area (Å²) in [6.45, 7) is 1.69. The van der Waals surface area contributed by atoms with Crippen molar-refractivity contribution in [3.05, 3.63) is 53.6 Å². The van der Waals surface area contributed by atoms with Gasteiger partial charge in [-0.3, -0.25) is 0 Å². The van der Waals surface area contributed by atoms with Gasteiger partial charge in [-0.05, 0) is 54.8 Å². The highest BCUT2D eigenvalue weighted by molar-refractivity contribution is 7.89. The smallest absolute Gasteiger partial charge is 0.243 e. The Hall–Kier alpha value is -2.56. The fourth-order valence-electron chi connectivity index (χ4n) is 3.58. The van der Waals surface area contributed by atoms with Crippen molar-refractivity contribution in [2.45, 2.75) is 30.2 Å².